The van der Waals surface area contributed by atoms with Gasteiger partial charge in [0.15, 0.2) is 12.4 Å². The molecule has 23 heavy (non-hydrogen) atoms. The second-order valence-electron chi connectivity index (χ2n) is 7.13. The van der Waals surface area contributed by atoms with Gasteiger partial charge in [-0.25, -0.2) is 0 Å². The first-order valence-electron chi connectivity index (χ1n) is 7.88. The molecule has 0 bridgehead atoms. The number of nitrogens with one attached hydrogen (secondary N) is 2. The van der Waals surface area contributed by atoms with Crippen LogP contribution in [0.5, 0.6) is 0 Å². The Labute approximate surface area is 137 Å². The van der Waals surface area contributed by atoms with E-state index in [2.05, 4.69) is 55.5 Å². The summed E-state index contributed by atoms with van der Waals surface area (Å²) in [7, 11) is 2.01. The lowest BCUT2D eigenvalue weighted by molar-refractivity contribution is -0.885. The quantitative estimate of drug-likeness (QED) is 0.886. The van der Waals surface area contributed by atoms with E-state index in [1.54, 1.807) is 13.0 Å². The Kier molecular flexibility index (Phi) is 5.21. The summed E-state index contributed by atoms with van der Waals surface area (Å²) in [4.78, 5) is 13.1. The second kappa shape index (κ2) is 6.96. The minimum Gasteiger partial charge on any atom is -0.360 e. The topological polar surface area (TPSA) is 59.6 Å². The number of carbonyl (C=O) groups excluding carboxylic acids is 1. The molecule has 124 valence electrons. The van der Waals surface area contributed by atoms with Crippen LogP contribution >= 0.6 is 0 Å². The number of benzene rings is 1. The van der Waals surface area contributed by atoms with Crippen molar-refractivity contribution in [3.63, 3.8) is 0 Å². The van der Waals surface area contributed by atoms with Gasteiger partial charge in [-0.1, -0.05) is 50.2 Å². The Morgan fingerprint density at radius 1 is 1.26 bits per heavy atom. The van der Waals surface area contributed by atoms with Gasteiger partial charge in [-0.15, -0.1) is 0 Å². The number of rotatable bonds is 5. The van der Waals surface area contributed by atoms with Gasteiger partial charge in [-0.3, -0.25) is 4.79 Å². The van der Waals surface area contributed by atoms with Crippen LogP contribution in [0.2, 0.25) is 0 Å². The van der Waals surface area contributed by atoms with E-state index in [0.29, 0.717) is 18.1 Å². The molecule has 1 heterocycles. The lowest BCUT2D eigenvalue weighted by Gasteiger charge is -2.19. The van der Waals surface area contributed by atoms with Crippen LogP contribution in [0.25, 0.3) is 0 Å². The van der Waals surface area contributed by atoms with E-state index in [1.807, 2.05) is 7.05 Å². The molecule has 0 radical (unpaired) electrons. The second-order valence-corrected chi connectivity index (χ2v) is 7.13. The fraction of sp³-hybridized carbons (Fsp3) is 0.444. The third-order valence-corrected chi connectivity index (χ3v) is 3.68. The minimum absolute atomic E-state index is 0.0675. The van der Waals surface area contributed by atoms with Crippen LogP contribution < -0.4 is 10.2 Å². The summed E-state index contributed by atoms with van der Waals surface area (Å²) < 4.78 is 4.93. The van der Waals surface area contributed by atoms with Crippen LogP contribution in [0, 0.1) is 6.92 Å². The largest absolute Gasteiger partial charge is 0.360 e. The van der Waals surface area contributed by atoms with Gasteiger partial charge in [0, 0.05) is 11.6 Å². The average molecular weight is 316 g/mol. The summed E-state index contributed by atoms with van der Waals surface area (Å²) >= 11 is 0. The number of hydrogen-bond donors (Lipinski definition) is 2. The van der Waals surface area contributed by atoms with Crippen molar-refractivity contribution >= 4 is 11.7 Å². The van der Waals surface area contributed by atoms with Gasteiger partial charge in [0.05, 0.1) is 7.05 Å². The van der Waals surface area contributed by atoms with Crippen molar-refractivity contribution in [2.75, 3.05) is 18.9 Å². The van der Waals surface area contributed by atoms with Gasteiger partial charge in [0.1, 0.15) is 12.3 Å². The zero-order chi connectivity index (χ0) is 17.0. The number of nitrogens with zero attached hydrogens (tertiary/aromatic N) is 1. The molecule has 1 atom stereocenters. The lowest BCUT2D eigenvalue weighted by atomic mass is 9.87. The molecule has 0 saturated carbocycles. The van der Waals surface area contributed by atoms with Gasteiger partial charge < -0.3 is 14.7 Å². The maximum absolute atomic E-state index is 12.0. The van der Waals surface area contributed by atoms with Crippen LogP contribution in [0.15, 0.2) is 34.9 Å². The Bertz CT molecular complexity index is 654. The normalized spacial score (nSPS) is 12.9. The van der Waals surface area contributed by atoms with Crippen molar-refractivity contribution in [2.24, 2.45) is 0 Å². The van der Waals surface area contributed by atoms with Crippen molar-refractivity contribution in [1.82, 2.24) is 5.16 Å². The molecular formula is C18H26N3O2+. The minimum atomic E-state index is -0.0675. The predicted molar refractivity (Wildman–Crippen MR) is 90.5 cm³/mol. The molecule has 0 aliphatic heterocycles. The van der Waals surface area contributed by atoms with Crippen LogP contribution in [0.3, 0.4) is 0 Å². The van der Waals surface area contributed by atoms with Gasteiger partial charge in [-0.2, -0.15) is 0 Å². The molecule has 5 heteroatoms. The molecule has 2 N–H and O–H groups in total. The third kappa shape index (κ3) is 5.21. The molecule has 0 fully saturated rings. The Hall–Kier alpha value is -2.14. The summed E-state index contributed by atoms with van der Waals surface area (Å²) in [5.41, 5.74) is 2.70. The van der Waals surface area contributed by atoms with Gasteiger partial charge in [0.2, 0.25) is 0 Å². The molecule has 1 aromatic carbocycles. The number of anilines is 1. The number of carbonyl (C=O) groups is 1. The molecule has 0 saturated heterocycles. The molecule has 2 aromatic rings. The van der Waals surface area contributed by atoms with Crippen LogP contribution in [-0.4, -0.2) is 24.7 Å². The van der Waals surface area contributed by atoms with Crippen LogP contribution in [0.1, 0.15) is 37.7 Å². The molecule has 0 aliphatic rings. The number of likely N-dealkylation sites (N-methyl/N-ethyl adjacent to an activating group) is 1. The summed E-state index contributed by atoms with van der Waals surface area (Å²) in [5.74, 6) is 1.08. The zero-order valence-corrected chi connectivity index (χ0v) is 14.6. The standard InChI is InChI=1S/C18H25N3O2/c1-13-10-16(20-23-13)19-17(22)12-21(5)11-14-6-8-15(9-7-14)18(2,3)4/h6-10H,11-12H2,1-5H3,(H,19,20,22)/p+1. The number of hydrogen-bond acceptors (Lipinski definition) is 3. The van der Waals surface area contributed by atoms with E-state index in [1.165, 1.54) is 11.1 Å². The van der Waals surface area contributed by atoms with E-state index < -0.39 is 0 Å². The number of aromatic nitrogens is 1. The fourth-order valence-corrected chi connectivity index (χ4v) is 2.42. The van der Waals surface area contributed by atoms with Crippen molar-refractivity contribution in [3.8, 4) is 0 Å². The highest BCUT2D eigenvalue weighted by Gasteiger charge is 2.15. The molecule has 0 spiro atoms. The summed E-state index contributed by atoms with van der Waals surface area (Å²) in [6, 6.07) is 10.3. The molecule has 2 rings (SSSR count). The average Bonchev–Trinajstić information content (AvgIpc) is 2.83. The number of quaternary nitrogens is 1. The van der Waals surface area contributed by atoms with E-state index in [0.717, 1.165) is 11.4 Å². The highest BCUT2D eigenvalue weighted by molar-refractivity contribution is 5.90. The van der Waals surface area contributed by atoms with Crippen molar-refractivity contribution in [3.05, 3.63) is 47.2 Å². The summed E-state index contributed by atoms with van der Waals surface area (Å²) in [6.45, 7) is 9.59. The first-order valence-corrected chi connectivity index (χ1v) is 7.88. The highest BCUT2D eigenvalue weighted by Crippen LogP contribution is 2.21. The number of amides is 1. The third-order valence-electron chi connectivity index (χ3n) is 3.68. The summed E-state index contributed by atoms with van der Waals surface area (Å²) in [6.07, 6.45) is 0. The summed E-state index contributed by atoms with van der Waals surface area (Å²) in [5, 5.41) is 6.51. The van der Waals surface area contributed by atoms with E-state index >= 15 is 0 Å². The van der Waals surface area contributed by atoms with E-state index in [9.17, 15) is 4.79 Å². The van der Waals surface area contributed by atoms with Crippen LogP contribution in [0.4, 0.5) is 5.82 Å². The maximum atomic E-state index is 12.0. The number of aryl methyl sites for hydroxylation is 1. The van der Waals surface area contributed by atoms with Crippen molar-refractivity contribution in [1.29, 1.82) is 0 Å². The van der Waals surface area contributed by atoms with Crippen molar-refractivity contribution in [2.45, 2.75) is 39.7 Å². The smallest absolute Gasteiger partial charge is 0.280 e. The van der Waals surface area contributed by atoms with Gasteiger partial charge in [-0.05, 0) is 17.9 Å². The maximum Gasteiger partial charge on any atom is 0.280 e. The lowest BCUT2D eigenvalue weighted by Crippen LogP contribution is -3.08. The first kappa shape index (κ1) is 17.2. The molecule has 1 aromatic heterocycles. The van der Waals surface area contributed by atoms with Crippen LogP contribution in [-0.2, 0) is 16.8 Å². The Morgan fingerprint density at radius 3 is 2.43 bits per heavy atom. The molecule has 1 unspecified atom stereocenters. The fourth-order valence-electron chi connectivity index (χ4n) is 2.42. The SMILES string of the molecule is Cc1cc(NC(=O)C[NH+](C)Cc2ccc(C(C)(C)C)cc2)no1. The molecular weight excluding hydrogens is 290 g/mol. The highest BCUT2D eigenvalue weighted by atomic mass is 16.5. The predicted octanol–water partition coefficient (Wildman–Crippen LogP) is 1.93. The zero-order valence-electron chi connectivity index (χ0n) is 14.6. The first-order chi connectivity index (χ1) is 10.7. The Balaban J connectivity index is 1.86. The van der Waals surface area contributed by atoms with E-state index in [-0.39, 0.29) is 11.3 Å². The van der Waals surface area contributed by atoms with Crippen molar-refractivity contribution < 1.29 is 14.2 Å². The van der Waals surface area contributed by atoms with Gasteiger partial charge >= 0.3 is 0 Å². The molecule has 1 amide bonds. The monoisotopic (exact) mass is 316 g/mol. The molecule has 5 nitrogen and oxygen atoms in total. The van der Waals surface area contributed by atoms with Gasteiger partial charge in [0.25, 0.3) is 5.91 Å². The Morgan fingerprint density at radius 2 is 1.91 bits per heavy atom. The van der Waals surface area contributed by atoms with E-state index in [4.69, 9.17) is 4.52 Å². The molecule has 0 aliphatic carbocycles.